The van der Waals surface area contributed by atoms with Crippen LogP contribution in [0.5, 0.6) is 0 Å². The quantitative estimate of drug-likeness (QED) is 0.639. The molecule has 0 bridgehead atoms. The zero-order chi connectivity index (χ0) is 11.7. The van der Waals surface area contributed by atoms with Crippen LogP contribution in [0.2, 0.25) is 0 Å². The highest BCUT2D eigenvalue weighted by atomic mass is 15.0. The molecule has 2 atom stereocenters. The average Bonchev–Trinajstić information content (AvgIpc) is 2.21. The van der Waals surface area contributed by atoms with E-state index in [1.165, 1.54) is 32.1 Å². The number of hydrogen-bond donors (Lipinski definition) is 1. The molecule has 0 amide bonds. The van der Waals surface area contributed by atoms with E-state index in [2.05, 4.69) is 32.8 Å². The monoisotopic (exact) mass is 214 g/mol. The maximum atomic E-state index is 6.14. The van der Waals surface area contributed by atoms with Gasteiger partial charge in [0.2, 0.25) is 0 Å². The average molecular weight is 214 g/mol. The fourth-order valence-electron chi connectivity index (χ4n) is 1.95. The normalized spacial score (nSPS) is 15.6. The molecule has 0 rings (SSSR count). The number of nitrogens with zero attached hydrogens (tertiary/aromatic N) is 1. The molecule has 0 spiro atoms. The van der Waals surface area contributed by atoms with Crippen molar-refractivity contribution in [3.63, 3.8) is 0 Å². The summed E-state index contributed by atoms with van der Waals surface area (Å²) < 4.78 is 0. The lowest BCUT2D eigenvalue weighted by Crippen LogP contribution is -2.28. The van der Waals surface area contributed by atoms with E-state index >= 15 is 0 Å². The molecule has 0 heterocycles. The summed E-state index contributed by atoms with van der Waals surface area (Å²) in [6.45, 7) is 5.67. The predicted octanol–water partition coefficient (Wildman–Crippen LogP) is 2.87. The van der Waals surface area contributed by atoms with Crippen LogP contribution in [0.1, 0.15) is 52.4 Å². The molecule has 0 radical (unpaired) electrons. The van der Waals surface area contributed by atoms with Crippen molar-refractivity contribution < 1.29 is 0 Å². The van der Waals surface area contributed by atoms with Crippen molar-refractivity contribution in [2.24, 2.45) is 11.7 Å². The lowest BCUT2D eigenvalue weighted by Gasteiger charge is -2.20. The minimum absolute atomic E-state index is 0.397. The van der Waals surface area contributed by atoms with Gasteiger partial charge in [0.05, 0.1) is 0 Å². The van der Waals surface area contributed by atoms with Crippen LogP contribution in [-0.4, -0.2) is 31.6 Å². The van der Waals surface area contributed by atoms with E-state index in [1.807, 2.05) is 0 Å². The van der Waals surface area contributed by atoms with Gasteiger partial charge in [0.15, 0.2) is 0 Å². The minimum atomic E-state index is 0.397. The van der Waals surface area contributed by atoms with E-state index < -0.39 is 0 Å². The number of hydrogen-bond acceptors (Lipinski definition) is 2. The number of nitrogens with two attached hydrogens (primary N) is 1. The van der Waals surface area contributed by atoms with Crippen molar-refractivity contribution in [1.82, 2.24) is 4.90 Å². The van der Waals surface area contributed by atoms with Gasteiger partial charge in [-0.1, -0.05) is 39.5 Å². The van der Waals surface area contributed by atoms with Crippen molar-refractivity contribution in [3.8, 4) is 0 Å². The van der Waals surface area contributed by atoms with Crippen molar-refractivity contribution in [1.29, 1.82) is 0 Å². The van der Waals surface area contributed by atoms with Crippen LogP contribution >= 0.6 is 0 Å². The van der Waals surface area contributed by atoms with Crippen molar-refractivity contribution in [2.75, 3.05) is 20.6 Å². The summed E-state index contributed by atoms with van der Waals surface area (Å²) >= 11 is 0. The van der Waals surface area contributed by atoms with E-state index in [4.69, 9.17) is 5.73 Å². The largest absolute Gasteiger partial charge is 0.328 e. The Labute approximate surface area is 96.2 Å². The van der Waals surface area contributed by atoms with Gasteiger partial charge in [-0.2, -0.15) is 0 Å². The molecule has 0 aromatic carbocycles. The molecular formula is C13H30N2. The number of rotatable bonds is 9. The summed E-state index contributed by atoms with van der Waals surface area (Å²) in [7, 11) is 4.22. The third-order valence-corrected chi connectivity index (χ3v) is 3.13. The number of unbranched alkanes of at least 4 members (excludes halogenated alkanes) is 1. The molecule has 92 valence electrons. The lowest BCUT2D eigenvalue weighted by molar-refractivity contribution is 0.334. The lowest BCUT2D eigenvalue weighted by atomic mass is 9.91. The third kappa shape index (κ3) is 8.88. The second-order valence-electron chi connectivity index (χ2n) is 5.00. The topological polar surface area (TPSA) is 29.3 Å². The van der Waals surface area contributed by atoms with Crippen molar-refractivity contribution in [2.45, 2.75) is 58.4 Å². The molecule has 2 N–H and O–H groups in total. The molecule has 0 aromatic rings. The Bertz CT molecular complexity index is 134. The third-order valence-electron chi connectivity index (χ3n) is 3.13. The van der Waals surface area contributed by atoms with E-state index in [9.17, 15) is 0 Å². The van der Waals surface area contributed by atoms with Crippen molar-refractivity contribution in [3.05, 3.63) is 0 Å². The molecule has 0 aliphatic rings. The summed E-state index contributed by atoms with van der Waals surface area (Å²) in [5.41, 5.74) is 6.14. The Morgan fingerprint density at radius 3 is 2.27 bits per heavy atom. The van der Waals surface area contributed by atoms with Crippen LogP contribution in [0.15, 0.2) is 0 Å². The summed E-state index contributed by atoms with van der Waals surface area (Å²) in [5, 5.41) is 0. The van der Waals surface area contributed by atoms with Gasteiger partial charge in [-0.25, -0.2) is 0 Å². The van der Waals surface area contributed by atoms with Gasteiger partial charge < -0.3 is 10.6 Å². The fraction of sp³-hybridized carbons (Fsp3) is 1.00. The van der Waals surface area contributed by atoms with Crippen LogP contribution in [0.25, 0.3) is 0 Å². The molecule has 0 saturated heterocycles. The first kappa shape index (κ1) is 14.9. The first-order valence-electron chi connectivity index (χ1n) is 6.50. The molecular weight excluding hydrogens is 184 g/mol. The maximum absolute atomic E-state index is 6.14. The smallest absolute Gasteiger partial charge is 0.00536 e. The van der Waals surface area contributed by atoms with Gasteiger partial charge in [-0.15, -0.1) is 0 Å². The summed E-state index contributed by atoms with van der Waals surface area (Å²) in [6, 6.07) is 0.397. The van der Waals surface area contributed by atoms with E-state index in [0.717, 1.165) is 18.9 Å². The maximum Gasteiger partial charge on any atom is 0.00536 e. The minimum Gasteiger partial charge on any atom is -0.328 e. The van der Waals surface area contributed by atoms with E-state index in [1.54, 1.807) is 0 Å². The fourth-order valence-corrected chi connectivity index (χ4v) is 1.95. The molecule has 0 saturated carbocycles. The molecule has 2 unspecified atom stereocenters. The Morgan fingerprint density at radius 2 is 1.80 bits per heavy atom. The van der Waals surface area contributed by atoms with Crippen LogP contribution in [0.3, 0.4) is 0 Å². The van der Waals surface area contributed by atoms with E-state index in [-0.39, 0.29) is 0 Å². The molecule has 0 aliphatic heterocycles. The molecule has 2 heteroatoms. The zero-order valence-corrected chi connectivity index (χ0v) is 11.1. The first-order valence-corrected chi connectivity index (χ1v) is 6.50. The molecule has 0 aromatic heterocycles. The molecule has 15 heavy (non-hydrogen) atoms. The van der Waals surface area contributed by atoms with Gasteiger partial charge >= 0.3 is 0 Å². The zero-order valence-electron chi connectivity index (χ0n) is 11.1. The molecule has 0 aliphatic carbocycles. The molecule has 0 fully saturated rings. The Kier molecular flexibility index (Phi) is 9.12. The van der Waals surface area contributed by atoms with Gasteiger partial charge in [-0.3, -0.25) is 0 Å². The Morgan fingerprint density at radius 1 is 1.13 bits per heavy atom. The van der Waals surface area contributed by atoms with Gasteiger partial charge in [-0.05, 0) is 39.4 Å². The van der Waals surface area contributed by atoms with Crippen LogP contribution in [0.4, 0.5) is 0 Å². The second-order valence-corrected chi connectivity index (χ2v) is 5.00. The van der Waals surface area contributed by atoms with Crippen LogP contribution in [0, 0.1) is 5.92 Å². The highest BCUT2D eigenvalue weighted by molar-refractivity contribution is 4.69. The van der Waals surface area contributed by atoms with Gasteiger partial charge in [0.25, 0.3) is 0 Å². The highest BCUT2D eigenvalue weighted by Crippen LogP contribution is 2.18. The second kappa shape index (κ2) is 9.17. The summed E-state index contributed by atoms with van der Waals surface area (Å²) in [6.07, 6.45) is 7.67. The van der Waals surface area contributed by atoms with Crippen LogP contribution in [-0.2, 0) is 0 Å². The van der Waals surface area contributed by atoms with Crippen LogP contribution < -0.4 is 5.73 Å². The summed E-state index contributed by atoms with van der Waals surface area (Å²) in [4.78, 5) is 2.22. The predicted molar refractivity (Wildman–Crippen MR) is 69.1 cm³/mol. The Hall–Kier alpha value is -0.0800. The molecule has 2 nitrogen and oxygen atoms in total. The SMILES string of the molecule is CCCCC(CC)CC(N)CCN(C)C. The standard InChI is InChI=1S/C13H30N2/c1-5-7-8-12(6-2)11-13(14)9-10-15(3)4/h12-13H,5-11,14H2,1-4H3. The summed E-state index contributed by atoms with van der Waals surface area (Å²) in [5.74, 6) is 0.849. The highest BCUT2D eigenvalue weighted by Gasteiger charge is 2.11. The van der Waals surface area contributed by atoms with E-state index in [0.29, 0.717) is 6.04 Å². The van der Waals surface area contributed by atoms with Gasteiger partial charge in [0, 0.05) is 6.04 Å². The van der Waals surface area contributed by atoms with Crippen molar-refractivity contribution >= 4 is 0 Å². The van der Waals surface area contributed by atoms with Gasteiger partial charge in [0.1, 0.15) is 0 Å². The Balaban J connectivity index is 3.64. The first-order chi connectivity index (χ1) is 7.10.